The van der Waals surface area contributed by atoms with Gasteiger partial charge in [0.25, 0.3) is 0 Å². The van der Waals surface area contributed by atoms with Crippen molar-refractivity contribution in [1.82, 2.24) is 20.6 Å². The summed E-state index contributed by atoms with van der Waals surface area (Å²) in [4.78, 5) is 27.9. The number of nitrogens with two attached hydrogens (primary N) is 1. The lowest BCUT2D eigenvalue weighted by atomic mass is 10.1. The number of benzene rings is 1. The summed E-state index contributed by atoms with van der Waals surface area (Å²) in [5.41, 5.74) is 8.90. The first-order chi connectivity index (χ1) is 11.8. The van der Waals surface area contributed by atoms with Crippen LogP contribution in [0.5, 0.6) is 0 Å². The molecule has 1 saturated heterocycles. The van der Waals surface area contributed by atoms with Crippen LogP contribution in [0.4, 0.5) is 0 Å². The van der Waals surface area contributed by atoms with Crippen LogP contribution in [0, 0.1) is 0 Å². The summed E-state index contributed by atoms with van der Waals surface area (Å²) in [6.45, 7) is 1.70. The highest BCUT2D eigenvalue weighted by molar-refractivity contribution is 9.10. The van der Waals surface area contributed by atoms with E-state index < -0.39 is 17.7 Å². The largest absolute Gasteiger partial charge is 0.481 e. The molecule has 0 aliphatic carbocycles. The number of aromatic nitrogens is 2. The lowest BCUT2D eigenvalue weighted by molar-refractivity contribution is -0.143. The molecule has 0 radical (unpaired) electrons. The molecule has 2 heterocycles. The maximum Gasteiger partial charge on any atom is 0.303 e. The van der Waals surface area contributed by atoms with E-state index in [9.17, 15) is 9.59 Å². The molecule has 0 spiro atoms. The molecule has 2 aromatic rings. The predicted molar refractivity (Wildman–Crippen MR) is 93.6 cm³/mol. The Hall–Kier alpha value is -2.14. The zero-order valence-electron chi connectivity index (χ0n) is 13.2. The zero-order chi connectivity index (χ0) is 18.4. The summed E-state index contributed by atoms with van der Waals surface area (Å²) in [7, 11) is 0. The van der Waals surface area contributed by atoms with E-state index in [1.165, 1.54) is 0 Å². The molecule has 25 heavy (non-hydrogen) atoms. The molecule has 0 amide bonds. The standard InChI is InChI=1S/C11H12BrN5.C4H6O4/c12-9-7(11(13)16-5-6-17-11)1-2-8-10(9)15-4-3-14-8;5-3(6)1-2-4(7)8/h1-4,16-17H,5-6,13H2;1-2H2,(H,5,6)(H,7,8). The molecule has 0 bridgehead atoms. The minimum atomic E-state index is -1.08. The minimum Gasteiger partial charge on any atom is -0.481 e. The Balaban J connectivity index is 0.000000242. The molecule has 10 heteroatoms. The molecule has 1 aromatic heterocycles. The summed E-state index contributed by atoms with van der Waals surface area (Å²) in [6.07, 6.45) is 2.76. The number of carbonyl (C=O) groups is 2. The van der Waals surface area contributed by atoms with Gasteiger partial charge in [-0.2, -0.15) is 0 Å². The Kier molecular flexibility index (Phi) is 6.37. The van der Waals surface area contributed by atoms with Gasteiger partial charge in [0.15, 0.2) is 0 Å². The Morgan fingerprint density at radius 2 is 1.68 bits per heavy atom. The number of nitrogens with one attached hydrogen (secondary N) is 2. The lowest BCUT2D eigenvalue weighted by Crippen LogP contribution is -2.54. The van der Waals surface area contributed by atoms with Gasteiger partial charge in [-0.3, -0.25) is 35.9 Å². The second-order valence-electron chi connectivity index (χ2n) is 5.30. The predicted octanol–water partition coefficient (Wildman–Crippen LogP) is 0.590. The molecule has 9 nitrogen and oxygen atoms in total. The Bertz CT molecular complexity index is 766. The van der Waals surface area contributed by atoms with Gasteiger partial charge in [-0.1, -0.05) is 6.07 Å². The van der Waals surface area contributed by atoms with Crippen LogP contribution >= 0.6 is 15.9 Å². The Morgan fingerprint density at radius 1 is 1.12 bits per heavy atom. The zero-order valence-corrected chi connectivity index (χ0v) is 14.8. The van der Waals surface area contributed by atoms with Crippen LogP contribution in [0.2, 0.25) is 0 Å². The first-order valence-electron chi connectivity index (χ1n) is 7.45. The van der Waals surface area contributed by atoms with Gasteiger partial charge in [-0.05, 0) is 22.0 Å². The van der Waals surface area contributed by atoms with E-state index in [-0.39, 0.29) is 12.8 Å². The van der Waals surface area contributed by atoms with Gasteiger partial charge < -0.3 is 10.2 Å². The number of hydrogen-bond donors (Lipinski definition) is 5. The van der Waals surface area contributed by atoms with Crippen molar-refractivity contribution in [1.29, 1.82) is 0 Å². The fraction of sp³-hybridized carbons (Fsp3) is 0.333. The monoisotopic (exact) mass is 411 g/mol. The number of carboxylic acid groups (broad SMARTS) is 2. The normalized spacial score (nSPS) is 15.4. The number of hydrogen-bond acceptors (Lipinski definition) is 7. The first-order valence-corrected chi connectivity index (χ1v) is 8.25. The van der Waals surface area contributed by atoms with Crippen LogP contribution in [0.1, 0.15) is 18.4 Å². The van der Waals surface area contributed by atoms with Gasteiger partial charge in [-0.25, -0.2) is 0 Å². The summed E-state index contributed by atoms with van der Waals surface area (Å²) >= 11 is 3.56. The van der Waals surface area contributed by atoms with Gasteiger partial charge in [0, 0.05) is 31.0 Å². The van der Waals surface area contributed by atoms with Crippen LogP contribution in [-0.2, 0) is 15.4 Å². The molecule has 0 saturated carbocycles. The summed E-state index contributed by atoms with van der Waals surface area (Å²) < 4.78 is 0.882. The highest BCUT2D eigenvalue weighted by Gasteiger charge is 2.32. The van der Waals surface area contributed by atoms with Crippen molar-refractivity contribution < 1.29 is 19.8 Å². The summed E-state index contributed by atoms with van der Waals surface area (Å²) in [5, 5.41) is 22.3. The molecule has 1 aromatic carbocycles. The number of carboxylic acids is 2. The molecular weight excluding hydrogens is 394 g/mol. The van der Waals surface area contributed by atoms with E-state index in [0.29, 0.717) is 0 Å². The number of rotatable bonds is 4. The van der Waals surface area contributed by atoms with E-state index in [0.717, 1.165) is 34.2 Å². The lowest BCUT2D eigenvalue weighted by Gasteiger charge is -2.26. The van der Waals surface area contributed by atoms with Crippen LogP contribution in [-0.4, -0.2) is 45.2 Å². The SMILES string of the molecule is NC1(c2ccc3nccnc3c2Br)NCCN1.O=C(O)CCC(=O)O. The second-order valence-corrected chi connectivity index (χ2v) is 6.09. The fourth-order valence-electron chi connectivity index (χ4n) is 2.29. The van der Waals surface area contributed by atoms with Gasteiger partial charge >= 0.3 is 11.9 Å². The molecule has 1 aliphatic rings. The number of halogens is 1. The number of aliphatic carboxylic acids is 2. The molecule has 3 rings (SSSR count). The third-order valence-corrected chi connectivity index (χ3v) is 4.29. The fourth-order valence-corrected chi connectivity index (χ4v) is 3.04. The van der Waals surface area contributed by atoms with Crippen LogP contribution in [0.15, 0.2) is 29.0 Å². The number of nitrogens with zero attached hydrogens (tertiary/aromatic N) is 2. The van der Waals surface area contributed by atoms with Gasteiger partial charge in [0.1, 0.15) is 11.3 Å². The van der Waals surface area contributed by atoms with E-state index in [4.69, 9.17) is 15.9 Å². The van der Waals surface area contributed by atoms with E-state index in [2.05, 4.69) is 36.5 Å². The topological polar surface area (TPSA) is 150 Å². The quantitative estimate of drug-likeness (QED) is 0.486. The van der Waals surface area contributed by atoms with Crippen molar-refractivity contribution in [2.45, 2.75) is 18.6 Å². The molecule has 6 N–H and O–H groups in total. The molecule has 1 aliphatic heterocycles. The van der Waals surface area contributed by atoms with Crippen LogP contribution in [0.25, 0.3) is 11.0 Å². The second kappa shape index (κ2) is 8.30. The highest BCUT2D eigenvalue weighted by Crippen LogP contribution is 2.30. The van der Waals surface area contributed by atoms with Crippen molar-refractivity contribution in [2.24, 2.45) is 5.73 Å². The molecule has 0 atom stereocenters. The third-order valence-electron chi connectivity index (χ3n) is 3.49. The first kappa shape index (κ1) is 19.2. The van der Waals surface area contributed by atoms with Crippen molar-refractivity contribution in [3.8, 4) is 0 Å². The summed E-state index contributed by atoms with van der Waals surface area (Å²) in [6, 6.07) is 3.89. The third kappa shape index (κ3) is 4.92. The average molecular weight is 412 g/mol. The smallest absolute Gasteiger partial charge is 0.303 e. The molecule has 0 unspecified atom stereocenters. The van der Waals surface area contributed by atoms with E-state index >= 15 is 0 Å². The van der Waals surface area contributed by atoms with Crippen molar-refractivity contribution >= 4 is 38.9 Å². The van der Waals surface area contributed by atoms with Gasteiger partial charge in [-0.15, -0.1) is 0 Å². The van der Waals surface area contributed by atoms with Crippen molar-refractivity contribution in [3.63, 3.8) is 0 Å². The van der Waals surface area contributed by atoms with E-state index in [1.54, 1.807) is 12.4 Å². The average Bonchev–Trinajstić information content (AvgIpc) is 3.01. The Morgan fingerprint density at radius 3 is 2.24 bits per heavy atom. The summed E-state index contributed by atoms with van der Waals surface area (Å²) in [5.74, 6) is -2.84. The van der Waals surface area contributed by atoms with Crippen molar-refractivity contribution in [2.75, 3.05) is 13.1 Å². The highest BCUT2D eigenvalue weighted by atomic mass is 79.9. The Labute approximate surface area is 151 Å². The molecule has 134 valence electrons. The van der Waals surface area contributed by atoms with Crippen LogP contribution < -0.4 is 16.4 Å². The minimum absolute atomic E-state index is 0.296. The number of fused-ring (bicyclic) bond motifs is 1. The van der Waals surface area contributed by atoms with E-state index in [1.807, 2.05) is 12.1 Å². The maximum absolute atomic E-state index is 9.64. The van der Waals surface area contributed by atoms with Crippen LogP contribution in [0.3, 0.4) is 0 Å². The molecular formula is C15H18BrN5O4. The van der Waals surface area contributed by atoms with Gasteiger partial charge in [0.2, 0.25) is 0 Å². The molecule has 1 fully saturated rings. The van der Waals surface area contributed by atoms with Crippen molar-refractivity contribution in [3.05, 3.63) is 34.6 Å². The van der Waals surface area contributed by atoms with Gasteiger partial charge in [0.05, 0.1) is 22.8 Å². The maximum atomic E-state index is 9.64.